The Morgan fingerprint density at radius 2 is 1.97 bits per heavy atom. The van der Waals surface area contributed by atoms with Crippen LogP contribution in [0.4, 0.5) is 20.2 Å². The highest BCUT2D eigenvalue weighted by Crippen LogP contribution is 2.40. The molecule has 0 aromatic heterocycles. The lowest BCUT2D eigenvalue weighted by Gasteiger charge is -2.43. The van der Waals surface area contributed by atoms with E-state index in [1.165, 1.54) is 49.2 Å². The zero-order chi connectivity index (χ0) is 22.0. The SMILES string of the molecule is Cc1cc([N+]2(C3CCNC3)CCCC2C)ccc1NC(=O)c1ccc(OC(F)F)cc1. The van der Waals surface area contributed by atoms with Crippen molar-refractivity contribution in [3.05, 3.63) is 53.6 Å². The Morgan fingerprint density at radius 3 is 2.55 bits per heavy atom. The van der Waals surface area contributed by atoms with Gasteiger partial charge in [0.15, 0.2) is 0 Å². The van der Waals surface area contributed by atoms with Gasteiger partial charge in [-0.05, 0) is 49.7 Å². The summed E-state index contributed by atoms with van der Waals surface area (Å²) in [6, 6.07) is 13.2. The Kier molecular flexibility index (Phi) is 6.25. The fourth-order valence-electron chi connectivity index (χ4n) is 5.30. The number of quaternary nitrogens is 1. The number of hydrogen-bond acceptors (Lipinski definition) is 3. The average Bonchev–Trinajstić information content (AvgIpc) is 3.40. The van der Waals surface area contributed by atoms with Gasteiger partial charge in [-0.15, -0.1) is 0 Å². The number of carbonyl (C=O) groups is 1. The van der Waals surface area contributed by atoms with E-state index >= 15 is 0 Å². The number of halogens is 2. The summed E-state index contributed by atoms with van der Waals surface area (Å²) >= 11 is 0. The van der Waals surface area contributed by atoms with Gasteiger partial charge in [0.2, 0.25) is 0 Å². The molecule has 1 amide bonds. The van der Waals surface area contributed by atoms with Crippen LogP contribution in [0.5, 0.6) is 5.75 Å². The van der Waals surface area contributed by atoms with Crippen LogP contribution >= 0.6 is 0 Å². The van der Waals surface area contributed by atoms with Crippen LogP contribution in [0.25, 0.3) is 0 Å². The van der Waals surface area contributed by atoms with Crippen molar-refractivity contribution in [1.82, 2.24) is 9.80 Å². The van der Waals surface area contributed by atoms with Crippen LogP contribution in [-0.4, -0.2) is 44.2 Å². The maximum Gasteiger partial charge on any atom is 0.387 e. The van der Waals surface area contributed by atoms with Gasteiger partial charge in [-0.2, -0.15) is 8.78 Å². The molecule has 2 aliphatic heterocycles. The summed E-state index contributed by atoms with van der Waals surface area (Å²) < 4.78 is 30.0. The molecule has 0 spiro atoms. The number of carbonyl (C=O) groups excluding carboxylic acids is 1. The van der Waals surface area contributed by atoms with E-state index in [9.17, 15) is 13.6 Å². The molecule has 2 heterocycles. The molecule has 2 fully saturated rings. The highest BCUT2D eigenvalue weighted by atomic mass is 19.3. The number of anilines is 1. The molecule has 2 aromatic rings. The van der Waals surface area contributed by atoms with Crippen molar-refractivity contribution >= 4 is 17.3 Å². The lowest BCUT2D eigenvalue weighted by atomic mass is 10.0. The first-order valence-corrected chi connectivity index (χ1v) is 11.0. The van der Waals surface area contributed by atoms with Gasteiger partial charge < -0.3 is 15.4 Å². The monoisotopic (exact) mass is 430 g/mol. The second-order valence-corrected chi connectivity index (χ2v) is 8.65. The maximum absolute atomic E-state index is 12.7. The molecule has 5 nitrogen and oxygen atoms in total. The molecule has 2 N–H and O–H groups in total. The van der Waals surface area contributed by atoms with E-state index < -0.39 is 6.61 Å². The second-order valence-electron chi connectivity index (χ2n) is 8.65. The molecule has 0 bridgehead atoms. The van der Waals surface area contributed by atoms with E-state index in [0.29, 0.717) is 17.6 Å². The fourth-order valence-corrected chi connectivity index (χ4v) is 5.30. The summed E-state index contributed by atoms with van der Waals surface area (Å²) in [5.41, 5.74) is 3.49. The lowest BCUT2D eigenvalue weighted by molar-refractivity contribution is -0.0498. The number of amides is 1. The van der Waals surface area contributed by atoms with Crippen LogP contribution < -0.4 is 19.9 Å². The molecule has 3 unspecified atom stereocenters. The topological polar surface area (TPSA) is 50.4 Å². The molecule has 7 heteroatoms. The molecule has 3 atom stereocenters. The van der Waals surface area contributed by atoms with Crippen molar-refractivity contribution in [3.63, 3.8) is 0 Å². The van der Waals surface area contributed by atoms with Gasteiger partial charge in [-0.25, -0.2) is 0 Å². The van der Waals surface area contributed by atoms with Gasteiger partial charge in [0.1, 0.15) is 17.5 Å². The minimum Gasteiger partial charge on any atom is -0.435 e. The van der Waals surface area contributed by atoms with Crippen molar-refractivity contribution in [1.29, 1.82) is 0 Å². The number of rotatable bonds is 6. The van der Waals surface area contributed by atoms with E-state index in [1.807, 2.05) is 13.0 Å². The van der Waals surface area contributed by atoms with E-state index in [2.05, 4.69) is 34.4 Å². The summed E-state index contributed by atoms with van der Waals surface area (Å²) in [4.78, 5) is 12.7. The van der Waals surface area contributed by atoms with E-state index in [1.54, 1.807) is 0 Å². The normalized spacial score (nSPS) is 25.7. The second kappa shape index (κ2) is 8.93. The molecule has 2 aliphatic rings. The van der Waals surface area contributed by atoms with Gasteiger partial charge in [-0.3, -0.25) is 9.28 Å². The van der Waals surface area contributed by atoms with Gasteiger partial charge >= 0.3 is 6.61 Å². The molecule has 166 valence electrons. The summed E-state index contributed by atoms with van der Waals surface area (Å²) in [6.45, 7) is 4.77. The molecule has 0 radical (unpaired) electrons. The number of nitrogens with zero attached hydrogens (tertiary/aromatic N) is 1. The van der Waals surface area contributed by atoms with Crippen molar-refractivity contribution in [2.24, 2.45) is 0 Å². The Balaban J connectivity index is 1.53. The average molecular weight is 431 g/mol. The minimum absolute atomic E-state index is 0.0298. The first kappa shape index (κ1) is 21.7. The molecule has 2 aromatic carbocycles. The maximum atomic E-state index is 12.7. The smallest absolute Gasteiger partial charge is 0.387 e. The highest BCUT2D eigenvalue weighted by Gasteiger charge is 2.48. The van der Waals surface area contributed by atoms with Crippen LogP contribution in [0.2, 0.25) is 0 Å². The number of hydrogen-bond donors (Lipinski definition) is 2. The van der Waals surface area contributed by atoms with Gasteiger partial charge in [0.25, 0.3) is 5.91 Å². The van der Waals surface area contributed by atoms with Gasteiger partial charge in [0.05, 0.1) is 12.6 Å². The zero-order valence-corrected chi connectivity index (χ0v) is 18.0. The number of ether oxygens (including phenoxy) is 1. The molecule has 0 saturated carbocycles. The summed E-state index contributed by atoms with van der Waals surface area (Å²) in [7, 11) is 0. The van der Waals surface area contributed by atoms with Gasteiger partial charge in [-0.1, -0.05) is 0 Å². The van der Waals surface area contributed by atoms with Crippen LogP contribution in [0.15, 0.2) is 42.5 Å². The predicted octanol–water partition coefficient (Wildman–Crippen LogP) is 4.70. The lowest BCUT2D eigenvalue weighted by Crippen LogP contribution is -2.59. The number of nitrogens with one attached hydrogen (secondary N) is 2. The van der Waals surface area contributed by atoms with E-state index in [0.717, 1.165) is 35.4 Å². The van der Waals surface area contributed by atoms with Crippen LogP contribution in [0.3, 0.4) is 0 Å². The fraction of sp³-hybridized carbons (Fsp3) is 0.458. The number of alkyl halides is 2. The predicted molar refractivity (Wildman–Crippen MR) is 119 cm³/mol. The minimum atomic E-state index is -2.88. The molecule has 2 saturated heterocycles. The Hall–Kier alpha value is -2.51. The third-order valence-electron chi connectivity index (χ3n) is 6.90. The van der Waals surface area contributed by atoms with Crippen molar-refractivity contribution in [2.75, 3.05) is 25.0 Å². The number of benzene rings is 2. The summed E-state index contributed by atoms with van der Waals surface area (Å²) in [5.74, 6) is -0.250. The molecule has 0 aliphatic carbocycles. The third-order valence-corrected chi connectivity index (χ3v) is 6.90. The van der Waals surface area contributed by atoms with E-state index in [4.69, 9.17) is 0 Å². The van der Waals surface area contributed by atoms with Crippen molar-refractivity contribution in [3.8, 4) is 5.75 Å². The quantitative estimate of drug-likeness (QED) is 0.653. The molecular weight excluding hydrogens is 400 g/mol. The zero-order valence-electron chi connectivity index (χ0n) is 18.0. The highest BCUT2D eigenvalue weighted by molar-refractivity contribution is 6.04. The van der Waals surface area contributed by atoms with Crippen LogP contribution in [0, 0.1) is 6.92 Å². The van der Waals surface area contributed by atoms with Crippen LogP contribution in [0.1, 0.15) is 42.1 Å². The van der Waals surface area contributed by atoms with Gasteiger partial charge in [0, 0.05) is 55.7 Å². The Morgan fingerprint density at radius 1 is 1.19 bits per heavy atom. The Labute approximate surface area is 182 Å². The first-order chi connectivity index (χ1) is 14.9. The molecular formula is C24H30F2N3O2+. The van der Waals surface area contributed by atoms with Crippen molar-refractivity contribution in [2.45, 2.75) is 51.8 Å². The molecule has 31 heavy (non-hydrogen) atoms. The molecule has 4 rings (SSSR count). The Bertz CT molecular complexity index is 929. The summed E-state index contributed by atoms with van der Waals surface area (Å²) in [6.07, 6.45) is 3.66. The first-order valence-electron chi connectivity index (χ1n) is 11.0. The number of aryl methyl sites for hydroxylation is 1. The summed E-state index contributed by atoms with van der Waals surface area (Å²) in [5, 5.41) is 6.48. The third kappa shape index (κ3) is 4.29. The van der Waals surface area contributed by atoms with Crippen molar-refractivity contribution < 1.29 is 18.3 Å². The van der Waals surface area contributed by atoms with E-state index in [-0.39, 0.29) is 11.7 Å². The largest absolute Gasteiger partial charge is 0.435 e. The standard InChI is InChI=1S/C24H29F2N3O2/c1-16-14-19(29(13-3-4-17(29)2)20-11-12-27-15-20)7-10-22(16)28-23(30)18-5-8-21(9-6-18)31-24(25)26/h5-10,14,17,20,24,27H,3-4,11-13,15H2,1-2H3/p+1. The van der Waals surface area contributed by atoms with Crippen LogP contribution in [-0.2, 0) is 0 Å². The number of likely N-dealkylation sites (tertiary alicyclic amines) is 1.